The second-order valence-electron chi connectivity index (χ2n) is 8.07. The van der Waals surface area contributed by atoms with Gasteiger partial charge in [0, 0.05) is 37.3 Å². The molecule has 2 heterocycles. The molecular formula is C23H24ClF2N3O4S2. The highest BCUT2D eigenvalue weighted by atomic mass is 35.5. The molecule has 1 saturated heterocycles. The van der Waals surface area contributed by atoms with Gasteiger partial charge in [0.05, 0.1) is 27.6 Å². The Morgan fingerprint density at radius 1 is 1.26 bits per heavy atom. The molecular weight excluding hydrogens is 520 g/mol. The highest BCUT2D eigenvalue weighted by molar-refractivity contribution is 7.89. The molecule has 188 valence electrons. The molecule has 1 unspecified atom stereocenters. The van der Waals surface area contributed by atoms with Crippen molar-refractivity contribution < 1.29 is 26.7 Å². The van der Waals surface area contributed by atoms with Crippen LogP contribution in [0.5, 0.6) is 0 Å². The number of benzene rings is 2. The van der Waals surface area contributed by atoms with E-state index < -0.39 is 33.5 Å². The summed E-state index contributed by atoms with van der Waals surface area (Å²) in [5.74, 6) is -2.63. The molecule has 1 atom stereocenters. The average Bonchev–Trinajstić information content (AvgIpc) is 3.16. The fraction of sp³-hybridized carbons (Fsp3) is 0.391. The predicted molar refractivity (Wildman–Crippen MR) is 130 cm³/mol. The van der Waals surface area contributed by atoms with Crippen LogP contribution in [0.15, 0.2) is 46.3 Å². The molecule has 0 N–H and O–H groups in total. The van der Waals surface area contributed by atoms with Crippen LogP contribution in [-0.4, -0.2) is 49.5 Å². The number of rotatable bonds is 7. The molecule has 1 aromatic heterocycles. The number of carbonyl (C=O) groups excluding carboxylic acids is 1. The first-order valence-electron chi connectivity index (χ1n) is 11.1. The van der Waals surface area contributed by atoms with E-state index in [2.05, 4.69) is 4.99 Å². The first-order valence-corrected chi connectivity index (χ1v) is 13.7. The SMILES string of the molecule is CCOCCn1c(=NC(=O)C2CCCN(S(=O)(=O)c3ccc(Cl)cc3)C2)sc2cc(F)cc(F)c21. The maximum Gasteiger partial charge on any atom is 0.252 e. The molecule has 2 aromatic carbocycles. The van der Waals surface area contributed by atoms with Crippen LogP contribution in [0.1, 0.15) is 19.8 Å². The third-order valence-electron chi connectivity index (χ3n) is 5.75. The van der Waals surface area contributed by atoms with E-state index in [-0.39, 0.29) is 41.5 Å². The smallest absolute Gasteiger partial charge is 0.252 e. The van der Waals surface area contributed by atoms with Crippen molar-refractivity contribution in [1.29, 1.82) is 0 Å². The van der Waals surface area contributed by atoms with E-state index in [1.165, 1.54) is 39.2 Å². The molecule has 3 aromatic rings. The predicted octanol–water partition coefficient (Wildman–Crippen LogP) is 4.20. The summed E-state index contributed by atoms with van der Waals surface area (Å²) in [7, 11) is -3.80. The number of ether oxygens (including phenoxy) is 1. The summed E-state index contributed by atoms with van der Waals surface area (Å²) in [5, 5.41) is 0.423. The van der Waals surface area contributed by atoms with E-state index in [9.17, 15) is 22.0 Å². The molecule has 12 heteroatoms. The Kier molecular flexibility index (Phi) is 8.02. The number of thiazole rings is 1. The van der Waals surface area contributed by atoms with Gasteiger partial charge in [-0.3, -0.25) is 4.79 Å². The van der Waals surface area contributed by atoms with E-state index in [4.69, 9.17) is 16.3 Å². The molecule has 35 heavy (non-hydrogen) atoms. The van der Waals surface area contributed by atoms with Crippen LogP contribution >= 0.6 is 22.9 Å². The summed E-state index contributed by atoms with van der Waals surface area (Å²) in [6, 6.07) is 7.85. The standard InChI is InChI=1S/C23H24ClF2N3O4S2/c1-2-33-11-10-29-21-19(26)12-17(25)13-20(21)34-23(29)27-22(30)15-4-3-9-28(14-15)35(31,32)18-7-5-16(24)6-8-18/h5-8,12-13,15H,2-4,9-11,14H2,1H3. The summed E-state index contributed by atoms with van der Waals surface area (Å²) < 4.78 is 63.0. The number of hydrogen-bond donors (Lipinski definition) is 0. The quantitative estimate of drug-likeness (QED) is 0.418. The minimum absolute atomic E-state index is 0.0138. The minimum atomic E-state index is -3.80. The molecule has 1 aliphatic rings. The Balaban J connectivity index is 1.64. The van der Waals surface area contributed by atoms with Gasteiger partial charge in [-0.15, -0.1) is 0 Å². The van der Waals surface area contributed by atoms with E-state index in [1.54, 1.807) is 0 Å². The summed E-state index contributed by atoms with van der Waals surface area (Å²) >= 11 is 6.87. The van der Waals surface area contributed by atoms with Gasteiger partial charge in [-0.05, 0) is 50.1 Å². The van der Waals surface area contributed by atoms with E-state index >= 15 is 0 Å². The van der Waals surface area contributed by atoms with Crippen LogP contribution < -0.4 is 4.80 Å². The van der Waals surface area contributed by atoms with Crippen LogP contribution in [0.2, 0.25) is 5.02 Å². The third-order valence-corrected chi connectivity index (χ3v) is 8.91. The van der Waals surface area contributed by atoms with Gasteiger partial charge in [0.15, 0.2) is 10.6 Å². The fourth-order valence-electron chi connectivity index (χ4n) is 4.03. The molecule has 0 spiro atoms. The van der Waals surface area contributed by atoms with Crippen molar-refractivity contribution in [2.45, 2.75) is 31.2 Å². The molecule has 0 bridgehead atoms. The molecule has 0 radical (unpaired) electrons. The number of sulfonamides is 1. The highest BCUT2D eigenvalue weighted by Gasteiger charge is 2.33. The summed E-state index contributed by atoms with van der Waals surface area (Å²) in [4.78, 5) is 17.7. The van der Waals surface area contributed by atoms with Crippen molar-refractivity contribution in [1.82, 2.24) is 8.87 Å². The van der Waals surface area contributed by atoms with Gasteiger partial charge in [0.1, 0.15) is 5.82 Å². The van der Waals surface area contributed by atoms with Gasteiger partial charge >= 0.3 is 0 Å². The largest absolute Gasteiger partial charge is 0.380 e. The Hall–Kier alpha value is -2.18. The maximum absolute atomic E-state index is 14.6. The maximum atomic E-state index is 14.6. The van der Waals surface area contributed by atoms with Gasteiger partial charge in [-0.2, -0.15) is 9.30 Å². The van der Waals surface area contributed by atoms with Gasteiger partial charge in [-0.1, -0.05) is 22.9 Å². The minimum Gasteiger partial charge on any atom is -0.380 e. The van der Waals surface area contributed by atoms with E-state index in [0.29, 0.717) is 29.2 Å². The Bertz CT molecular complexity index is 1400. The second kappa shape index (κ2) is 10.8. The first-order chi connectivity index (χ1) is 16.7. The fourth-order valence-corrected chi connectivity index (χ4v) is 6.78. The average molecular weight is 544 g/mol. The van der Waals surface area contributed by atoms with Crippen molar-refractivity contribution in [3.8, 4) is 0 Å². The van der Waals surface area contributed by atoms with Gasteiger partial charge < -0.3 is 9.30 Å². The summed E-state index contributed by atoms with van der Waals surface area (Å²) in [6.07, 6.45) is 0.969. The first kappa shape index (κ1) is 25.9. The number of aromatic nitrogens is 1. The number of amides is 1. The van der Waals surface area contributed by atoms with Crippen LogP contribution in [0.3, 0.4) is 0 Å². The van der Waals surface area contributed by atoms with Crippen molar-refractivity contribution in [2.75, 3.05) is 26.3 Å². The van der Waals surface area contributed by atoms with Gasteiger partial charge in [0.25, 0.3) is 5.91 Å². The highest BCUT2D eigenvalue weighted by Crippen LogP contribution is 2.26. The zero-order valence-corrected chi connectivity index (χ0v) is 21.3. The number of halogens is 3. The molecule has 4 rings (SSSR count). The monoisotopic (exact) mass is 543 g/mol. The van der Waals surface area contributed by atoms with E-state index in [1.807, 2.05) is 6.92 Å². The van der Waals surface area contributed by atoms with Crippen molar-refractivity contribution in [3.63, 3.8) is 0 Å². The second-order valence-corrected chi connectivity index (χ2v) is 11.5. The lowest BCUT2D eigenvalue weighted by molar-refractivity contribution is -0.122. The Morgan fingerprint density at radius 3 is 2.71 bits per heavy atom. The zero-order chi connectivity index (χ0) is 25.2. The van der Waals surface area contributed by atoms with Crippen molar-refractivity contribution >= 4 is 49.1 Å². The van der Waals surface area contributed by atoms with Gasteiger partial charge in [0.2, 0.25) is 10.0 Å². The summed E-state index contributed by atoms with van der Waals surface area (Å²) in [6.45, 7) is 3.05. The Labute approximate surface area is 210 Å². The zero-order valence-electron chi connectivity index (χ0n) is 18.9. The summed E-state index contributed by atoms with van der Waals surface area (Å²) in [5.41, 5.74) is 0.151. The lowest BCUT2D eigenvalue weighted by atomic mass is 9.99. The number of piperidine rings is 1. The van der Waals surface area contributed by atoms with Crippen LogP contribution in [0.25, 0.3) is 10.2 Å². The molecule has 1 amide bonds. The van der Waals surface area contributed by atoms with Crippen molar-refractivity contribution in [2.24, 2.45) is 10.9 Å². The number of nitrogens with zero attached hydrogens (tertiary/aromatic N) is 3. The Morgan fingerprint density at radius 2 is 2.00 bits per heavy atom. The molecule has 0 saturated carbocycles. The lowest BCUT2D eigenvalue weighted by Crippen LogP contribution is -2.42. The van der Waals surface area contributed by atoms with Crippen LogP contribution in [0, 0.1) is 17.6 Å². The topological polar surface area (TPSA) is 81.0 Å². The molecule has 1 aliphatic heterocycles. The number of hydrogen-bond acceptors (Lipinski definition) is 5. The van der Waals surface area contributed by atoms with Crippen LogP contribution in [-0.2, 0) is 26.1 Å². The molecule has 7 nitrogen and oxygen atoms in total. The number of carbonyl (C=O) groups is 1. The van der Waals surface area contributed by atoms with E-state index in [0.717, 1.165) is 17.4 Å². The van der Waals surface area contributed by atoms with Crippen molar-refractivity contribution in [3.05, 3.63) is 57.9 Å². The van der Waals surface area contributed by atoms with Gasteiger partial charge in [-0.25, -0.2) is 17.2 Å². The van der Waals surface area contributed by atoms with Crippen LogP contribution in [0.4, 0.5) is 8.78 Å². The number of fused-ring (bicyclic) bond motifs is 1. The molecule has 1 fully saturated rings. The molecule has 0 aliphatic carbocycles. The third kappa shape index (κ3) is 5.64. The lowest BCUT2D eigenvalue weighted by Gasteiger charge is -2.30. The normalized spacial score (nSPS) is 17.8.